The molecule has 1 aliphatic rings. The van der Waals surface area contributed by atoms with E-state index in [2.05, 4.69) is 15.5 Å². The molecule has 3 rings (SSSR count). The molecule has 1 aliphatic heterocycles. The molecule has 2 aromatic carbocycles. The SMILES string of the molecule is CC(NC(=O)CNc1cccc(C(F)(F)F)c1)c1ccc(N2CCOCC2)cc1. The third-order valence-electron chi connectivity index (χ3n) is 4.79. The van der Waals surface area contributed by atoms with Crippen molar-refractivity contribution in [3.8, 4) is 0 Å². The second-order valence-electron chi connectivity index (χ2n) is 6.91. The Balaban J connectivity index is 1.51. The number of amides is 1. The first-order valence-electron chi connectivity index (χ1n) is 9.46. The first-order valence-corrected chi connectivity index (χ1v) is 9.46. The number of ether oxygens (including phenoxy) is 1. The molecular formula is C21H24F3N3O2. The largest absolute Gasteiger partial charge is 0.416 e. The fraction of sp³-hybridized carbons (Fsp3) is 0.381. The second kappa shape index (κ2) is 9.17. The number of nitrogens with one attached hydrogen (secondary N) is 2. The molecule has 1 saturated heterocycles. The highest BCUT2D eigenvalue weighted by Crippen LogP contribution is 2.30. The number of anilines is 2. The van der Waals surface area contributed by atoms with Crippen LogP contribution in [-0.2, 0) is 15.7 Å². The van der Waals surface area contributed by atoms with Crippen molar-refractivity contribution in [1.82, 2.24) is 5.32 Å². The Morgan fingerprint density at radius 2 is 1.83 bits per heavy atom. The maximum atomic E-state index is 12.8. The lowest BCUT2D eigenvalue weighted by atomic mass is 10.1. The van der Waals surface area contributed by atoms with Crippen LogP contribution in [0.2, 0.25) is 0 Å². The fourth-order valence-corrected chi connectivity index (χ4v) is 3.16. The molecule has 1 unspecified atom stereocenters. The molecule has 1 heterocycles. The van der Waals surface area contributed by atoms with Gasteiger partial charge in [0.15, 0.2) is 0 Å². The summed E-state index contributed by atoms with van der Waals surface area (Å²) < 4.78 is 43.6. The summed E-state index contributed by atoms with van der Waals surface area (Å²) in [6, 6.07) is 12.5. The maximum Gasteiger partial charge on any atom is 0.416 e. The van der Waals surface area contributed by atoms with E-state index in [4.69, 9.17) is 4.74 Å². The van der Waals surface area contributed by atoms with E-state index >= 15 is 0 Å². The van der Waals surface area contributed by atoms with Crippen molar-refractivity contribution in [2.75, 3.05) is 43.1 Å². The van der Waals surface area contributed by atoms with Gasteiger partial charge in [-0.05, 0) is 42.8 Å². The van der Waals surface area contributed by atoms with Crippen LogP contribution < -0.4 is 15.5 Å². The molecule has 156 valence electrons. The van der Waals surface area contributed by atoms with Crippen LogP contribution in [-0.4, -0.2) is 38.8 Å². The lowest BCUT2D eigenvalue weighted by molar-refractivity contribution is -0.137. The number of morpholine rings is 1. The molecule has 1 amide bonds. The Hall–Kier alpha value is -2.74. The molecule has 0 aromatic heterocycles. The molecule has 2 aromatic rings. The van der Waals surface area contributed by atoms with E-state index in [0.29, 0.717) is 13.2 Å². The summed E-state index contributed by atoms with van der Waals surface area (Å²) in [6.07, 6.45) is -4.41. The van der Waals surface area contributed by atoms with Gasteiger partial charge in [-0.2, -0.15) is 13.2 Å². The zero-order valence-electron chi connectivity index (χ0n) is 16.1. The van der Waals surface area contributed by atoms with Gasteiger partial charge in [-0.1, -0.05) is 18.2 Å². The summed E-state index contributed by atoms with van der Waals surface area (Å²) in [4.78, 5) is 14.4. The Labute approximate surface area is 167 Å². The van der Waals surface area contributed by atoms with E-state index in [-0.39, 0.29) is 24.2 Å². The molecule has 0 bridgehead atoms. The molecule has 0 spiro atoms. The van der Waals surface area contributed by atoms with Crippen molar-refractivity contribution in [3.63, 3.8) is 0 Å². The van der Waals surface area contributed by atoms with Crippen molar-refractivity contribution in [2.45, 2.75) is 19.1 Å². The summed E-state index contributed by atoms with van der Waals surface area (Å²) in [5.41, 5.74) is 1.56. The van der Waals surface area contributed by atoms with Gasteiger partial charge in [-0.25, -0.2) is 0 Å². The number of carbonyl (C=O) groups excluding carboxylic acids is 1. The molecule has 2 N–H and O–H groups in total. The van der Waals surface area contributed by atoms with Crippen molar-refractivity contribution in [3.05, 3.63) is 59.7 Å². The third-order valence-corrected chi connectivity index (χ3v) is 4.79. The van der Waals surface area contributed by atoms with Crippen LogP contribution >= 0.6 is 0 Å². The maximum absolute atomic E-state index is 12.8. The van der Waals surface area contributed by atoms with Gasteiger partial charge in [-0.3, -0.25) is 4.79 Å². The Morgan fingerprint density at radius 1 is 1.14 bits per heavy atom. The van der Waals surface area contributed by atoms with Gasteiger partial charge in [0, 0.05) is 24.5 Å². The van der Waals surface area contributed by atoms with Crippen molar-refractivity contribution < 1.29 is 22.7 Å². The summed E-state index contributed by atoms with van der Waals surface area (Å²) in [5.74, 6) is -0.299. The number of halogens is 3. The van der Waals surface area contributed by atoms with E-state index in [9.17, 15) is 18.0 Å². The summed E-state index contributed by atoms with van der Waals surface area (Å²) in [5, 5.41) is 5.59. The Bertz CT molecular complexity index is 819. The molecule has 29 heavy (non-hydrogen) atoms. The predicted octanol–water partition coefficient (Wildman–Crippen LogP) is 3.83. The van der Waals surface area contributed by atoms with Crippen LogP contribution in [0.15, 0.2) is 48.5 Å². The highest BCUT2D eigenvalue weighted by Gasteiger charge is 2.30. The van der Waals surface area contributed by atoms with E-state index in [0.717, 1.165) is 36.5 Å². The van der Waals surface area contributed by atoms with Crippen molar-refractivity contribution in [1.29, 1.82) is 0 Å². The first-order chi connectivity index (χ1) is 13.8. The van der Waals surface area contributed by atoms with E-state index in [1.54, 1.807) is 0 Å². The van der Waals surface area contributed by atoms with Crippen LogP contribution in [0.25, 0.3) is 0 Å². The van der Waals surface area contributed by atoms with Gasteiger partial charge < -0.3 is 20.3 Å². The highest BCUT2D eigenvalue weighted by molar-refractivity contribution is 5.81. The normalized spacial score (nSPS) is 15.7. The minimum Gasteiger partial charge on any atom is -0.378 e. The zero-order chi connectivity index (χ0) is 20.9. The summed E-state index contributed by atoms with van der Waals surface area (Å²) in [6.45, 7) is 4.89. The van der Waals surface area contributed by atoms with Crippen molar-refractivity contribution >= 4 is 17.3 Å². The van der Waals surface area contributed by atoms with Crippen LogP contribution in [0.5, 0.6) is 0 Å². The van der Waals surface area contributed by atoms with Gasteiger partial charge in [-0.15, -0.1) is 0 Å². The number of rotatable bonds is 6. The molecule has 0 saturated carbocycles. The topological polar surface area (TPSA) is 53.6 Å². The monoisotopic (exact) mass is 407 g/mol. The van der Waals surface area contributed by atoms with Gasteiger partial charge >= 0.3 is 6.18 Å². The lowest BCUT2D eigenvalue weighted by Gasteiger charge is -2.29. The van der Waals surface area contributed by atoms with Crippen LogP contribution in [0.4, 0.5) is 24.5 Å². The average Bonchev–Trinajstić information content (AvgIpc) is 2.72. The number of alkyl halides is 3. The number of benzene rings is 2. The Kier molecular flexibility index (Phi) is 6.64. The number of nitrogens with zero attached hydrogens (tertiary/aromatic N) is 1. The van der Waals surface area contributed by atoms with E-state index < -0.39 is 11.7 Å². The smallest absolute Gasteiger partial charge is 0.378 e. The minimum atomic E-state index is -4.41. The number of hydrogen-bond acceptors (Lipinski definition) is 4. The minimum absolute atomic E-state index is 0.114. The molecular weight excluding hydrogens is 383 g/mol. The number of hydrogen-bond donors (Lipinski definition) is 2. The lowest BCUT2D eigenvalue weighted by Crippen LogP contribution is -2.36. The van der Waals surface area contributed by atoms with Crippen LogP contribution in [0, 0.1) is 0 Å². The van der Waals surface area contributed by atoms with Gasteiger partial charge in [0.1, 0.15) is 0 Å². The quantitative estimate of drug-likeness (QED) is 0.764. The summed E-state index contributed by atoms with van der Waals surface area (Å²) >= 11 is 0. The van der Waals surface area contributed by atoms with E-state index in [1.165, 1.54) is 12.1 Å². The van der Waals surface area contributed by atoms with E-state index in [1.807, 2.05) is 31.2 Å². The third kappa shape index (κ3) is 5.87. The molecule has 5 nitrogen and oxygen atoms in total. The molecule has 8 heteroatoms. The standard InChI is InChI=1S/C21H24F3N3O2/c1-15(16-5-7-19(8-6-16)27-9-11-29-12-10-27)26-20(28)14-25-18-4-2-3-17(13-18)21(22,23)24/h2-8,13,15,25H,9-12,14H2,1H3,(H,26,28). The summed E-state index contributed by atoms with van der Waals surface area (Å²) in [7, 11) is 0. The molecule has 0 aliphatic carbocycles. The predicted molar refractivity (Wildman–Crippen MR) is 106 cm³/mol. The average molecular weight is 407 g/mol. The molecule has 0 radical (unpaired) electrons. The molecule has 1 atom stereocenters. The zero-order valence-corrected chi connectivity index (χ0v) is 16.1. The second-order valence-corrected chi connectivity index (χ2v) is 6.91. The van der Waals surface area contributed by atoms with Gasteiger partial charge in [0.25, 0.3) is 0 Å². The fourth-order valence-electron chi connectivity index (χ4n) is 3.16. The highest BCUT2D eigenvalue weighted by atomic mass is 19.4. The molecule has 1 fully saturated rings. The van der Waals surface area contributed by atoms with Gasteiger partial charge in [0.05, 0.1) is 31.4 Å². The first kappa shape index (κ1) is 21.0. The van der Waals surface area contributed by atoms with Crippen LogP contribution in [0.1, 0.15) is 24.1 Å². The van der Waals surface area contributed by atoms with Crippen molar-refractivity contribution in [2.24, 2.45) is 0 Å². The number of carbonyl (C=O) groups is 1. The van der Waals surface area contributed by atoms with Gasteiger partial charge in [0.2, 0.25) is 5.91 Å². The van der Waals surface area contributed by atoms with Crippen LogP contribution in [0.3, 0.4) is 0 Å². The Morgan fingerprint density at radius 3 is 2.48 bits per heavy atom.